The van der Waals surface area contributed by atoms with Gasteiger partial charge in [0.1, 0.15) is 12.1 Å². The fourth-order valence-electron chi connectivity index (χ4n) is 3.49. The van der Waals surface area contributed by atoms with Crippen molar-refractivity contribution in [2.75, 3.05) is 10.2 Å². The number of amides is 2. The largest absolute Gasteiger partial charge is 0.337 e. The molecule has 0 fully saturated rings. The molecule has 1 aromatic carbocycles. The van der Waals surface area contributed by atoms with Crippen LogP contribution in [0.15, 0.2) is 64.0 Å². The van der Waals surface area contributed by atoms with Gasteiger partial charge in [-0.05, 0) is 26.0 Å². The first-order valence-corrected chi connectivity index (χ1v) is 9.55. The smallest absolute Gasteiger partial charge is 0.322 e. The lowest BCUT2D eigenvalue weighted by Gasteiger charge is -2.42. The van der Waals surface area contributed by atoms with E-state index in [1.165, 1.54) is 17.1 Å². The van der Waals surface area contributed by atoms with Gasteiger partial charge in [-0.2, -0.15) is 0 Å². The summed E-state index contributed by atoms with van der Waals surface area (Å²) in [6.45, 7) is 9.24. The number of aromatic nitrogens is 3. The van der Waals surface area contributed by atoms with Crippen LogP contribution >= 0.6 is 0 Å². The summed E-state index contributed by atoms with van der Waals surface area (Å²) in [6.07, 6.45) is 2.68. The molecule has 0 unspecified atom stereocenters. The predicted octanol–water partition coefficient (Wildman–Crippen LogP) is 0.308. The predicted molar refractivity (Wildman–Crippen MR) is 116 cm³/mol. The Labute approximate surface area is 177 Å². The summed E-state index contributed by atoms with van der Waals surface area (Å²) >= 11 is 0. The molecule has 31 heavy (non-hydrogen) atoms. The van der Waals surface area contributed by atoms with Gasteiger partial charge in [0.25, 0.3) is 0 Å². The lowest BCUT2D eigenvalue weighted by Crippen LogP contribution is -2.61. The van der Waals surface area contributed by atoms with Crippen molar-refractivity contribution in [3.8, 4) is 0 Å². The first-order chi connectivity index (χ1) is 14.6. The summed E-state index contributed by atoms with van der Waals surface area (Å²) in [7, 11) is 0. The summed E-state index contributed by atoms with van der Waals surface area (Å²) in [5, 5.41) is 2.75. The standard InChI is InChI=1S/C21H23N5O5/c1-5-11-23-18(29)24(12-6-2)20(31)25(19(23)30)13-16(27)26-15-10-8-7-9-14(15)22-17(28)21(26,3)4/h5-10H,1-2,11-13H2,3-4H3,(H,22,28). The molecule has 0 radical (unpaired) electrons. The minimum absolute atomic E-state index is 0.135. The maximum atomic E-state index is 13.3. The van der Waals surface area contributed by atoms with Crippen molar-refractivity contribution >= 4 is 23.2 Å². The van der Waals surface area contributed by atoms with Crippen LogP contribution in [0, 0.1) is 0 Å². The number of para-hydroxylation sites is 2. The van der Waals surface area contributed by atoms with Crippen LogP contribution in [0.4, 0.5) is 11.4 Å². The van der Waals surface area contributed by atoms with Gasteiger partial charge in [0.2, 0.25) is 11.8 Å². The van der Waals surface area contributed by atoms with Gasteiger partial charge in [-0.1, -0.05) is 24.3 Å². The Bertz CT molecular complexity index is 1220. The highest BCUT2D eigenvalue weighted by molar-refractivity contribution is 6.14. The van der Waals surface area contributed by atoms with Crippen molar-refractivity contribution in [1.29, 1.82) is 0 Å². The lowest BCUT2D eigenvalue weighted by molar-refractivity contribution is -0.126. The zero-order valence-corrected chi connectivity index (χ0v) is 17.3. The van der Waals surface area contributed by atoms with Crippen LogP contribution in [-0.4, -0.2) is 31.1 Å². The molecule has 10 heteroatoms. The second kappa shape index (κ2) is 8.05. The van der Waals surface area contributed by atoms with E-state index in [9.17, 15) is 24.0 Å². The molecule has 1 aliphatic rings. The molecule has 0 saturated heterocycles. The van der Waals surface area contributed by atoms with Gasteiger partial charge in [-0.3, -0.25) is 14.5 Å². The zero-order chi connectivity index (χ0) is 22.9. The van der Waals surface area contributed by atoms with Crippen molar-refractivity contribution in [2.24, 2.45) is 0 Å². The summed E-state index contributed by atoms with van der Waals surface area (Å²) in [5.41, 5.74) is -3.08. The van der Waals surface area contributed by atoms with Crippen molar-refractivity contribution < 1.29 is 9.59 Å². The SMILES string of the molecule is C=CCn1c(=O)n(CC=C)c(=O)n(CC(=O)N2c3ccccc3NC(=O)C2(C)C)c1=O. The fraction of sp³-hybridized carbons (Fsp3) is 0.286. The Morgan fingerprint density at radius 1 is 0.935 bits per heavy atom. The minimum Gasteiger partial charge on any atom is -0.322 e. The van der Waals surface area contributed by atoms with E-state index in [4.69, 9.17) is 0 Å². The first-order valence-electron chi connectivity index (χ1n) is 9.55. The highest BCUT2D eigenvalue weighted by Crippen LogP contribution is 2.36. The molecule has 0 saturated carbocycles. The van der Waals surface area contributed by atoms with Crippen LogP contribution in [-0.2, 0) is 29.2 Å². The maximum Gasteiger partial charge on any atom is 0.337 e. The van der Waals surface area contributed by atoms with E-state index in [0.29, 0.717) is 15.9 Å². The van der Waals surface area contributed by atoms with Crippen LogP contribution in [0.2, 0.25) is 0 Å². The number of fused-ring (bicyclic) bond motifs is 1. The third-order valence-corrected chi connectivity index (χ3v) is 5.06. The first kappa shape index (κ1) is 21.8. The van der Waals surface area contributed by atoms with Gasteiger partial charge in [0.05, 0.1) is 24.5 Å². The molecule has 0 spiro atoms. The van der Waals surface area contributed by atoms with Crippen LogP contribution in [0.1, 0.15) is 13.8 Å². The van der Waals surface area contributed by atoms with E-state index in [1.54, 1.807) is 38.1 Å². The van der Waals surface area contributed by atoms with Gasteiger partial charge in [-0.15, -0.1) is 13.2 Å². The third-order valence-electron chi connectivity index (χ3n) is 5.06. The number of nitrogens with zero attached hydrogens (tertiary/aromatic N) is 4. The molecule has 1 aromatic heterocycles. The molecule has 2 heterocycles. The van der Waals surface area contributed by atoms with Gasteiger partial charge < -0.3 is 5.32 Å². The van der Waals surface area contributed by atoms with Crippen LogP contribution in [0.3, 0.4) is 0 Å². The fourth-order valence-corrected chi connectivity index (χ4v) is 3.49. The van der Waals surface area contributed by atoms with E-state index in [0.717, 1.165) is 9.13 Å². The Hall–Kier alpha value is -3.95. The molecule has 3 rings (SSSR count). The van der Waals surface area contributed by atoms with Gasteiger partial charge in [-0.25, -0.2) is 28.1 Å². The van der Waals surface area contributed by atoms with Crippen LogP contribution < -0.4 is 27.3 Å². The Kier molecular flexibility index (Phi) is 5.65. The van der Waals surface area contributed by atoms with Gasteiger partial charge >= 0.3 is 17.1 Å². The average molecular weight is 425 g/mol. The third kappa shape index (κ3) is 3.56. The Morgan fingerprint density at radius 2 is 1.45 bits per heavy atom. The maximum absolute atomic E-state index is 13.3. The normalized spacial score (nSPS) is 14.5. The highest BCUT2D eigenvalue weighted by Gasteiger charge is 2.43. The molecule has 162 valence electrons. The summed E-state index contributed by atoms with van der Waals surface area (Å²) in [5.74, 6) is -1.06. The monoisotopic (exact) mass is 425 g/mol. The number of carbonyl (C=O) groups excluding carboxylic acids is 2. The molecule has 1 aliphatic heterocycles. The molecule has 1 N–H and O–H groups in total. The zero-order valence-electron chi connectivity index (χ0n) is 17.3. The quantitative estimate of drug-likeness (QED) is 0.669. The summed E-state index contributed by atoms with van der Waals surface area (Å²) < 4.78 is 2.31. The molecule has 0 bridgehead atoms. The topological polar surface area (TPSA) is 115 Å². The van der Waals surface area contributed by atoms with Crippen molar-refractivity contribution in [3.05, 3.63) is 81.0 Å². The van der Waals surface area contributed by atoms with Gasteiger partial charge in [0, 0.05) is 0 Å². The molecule has 0 atom stereocenters. The van der Waals surface area contributed by atoms with Gasteiger partial charge in [0.15, 0.2) is 0 Å². The van der Waals surface area contributed by atoms with E-state index in [2.05, 4.69) is 18.5 Å². The number of hydrogen-bond acceptors (Lipinski definition) is 5. The Balaban J connectivity index is 2.16. The van der Waals surface area contributed by atoms with E-state index in [1.807, 2.05) is 0 Å². The van der Waals surface area contributed by atoms with Crippen LogP contribution in [0.5, 0.6) is 0 Å². The molecule has 10 nitrogen and oxygen atoms in total. The number of anilines is 2. The number of nitrogens with one attached hydrogen (secondary N) is 1. The number of rotatable bonds is 6. The molecule has 2 amide bonds. The highest BCUT2D eigenvalue weighted by atomic mass is 16.2. The molecular formula is C21H23N5O5. The number of benzene rings is 1. The van der Waals surface area contributed by atoms with Crippen molar-refractivity contribution in [2.45, 2.75) is 39.0 Å². The molecule has 0 aliphatic carbocycles. The summed E-state index contributed by atoms with van der Waals surface area (Å²) in [6, 6.07) is 6.73. The summed E-state index contributed by atoms with van der Waals surface area (Å²) in [4.78, 5) is 65.4. The number of carbonyl (C=O) groups is 2. The number of hydrogen-bond donors (Lipinski definition) is 1. The van der Waals surface area contributed by atoms with E-state index < -0.39 is 41.0 Å². The van der Waals surface area contributed by atoms with Crippen molar-refractivity contribution in [1.82, 2.24) is 13.7 Å². The van der Waals surface area contributed by atoms with E-state index >= 15 is 0 Å². The van der Waals surface area contributed by atoms with E-state index in [-0.39, 0.29) is 13.1 Å². The second-order valence-electron chi connectivity index (χ2n) is 7.49. The molecule has 2 aromatic rings. The Morgan fingerprint density at radius 3 is 2.00 bits per heavy atom. The molecular weight excluding hydrogens is 402 g/mol. The second-order valence-corrected chi connectivity index (χ2v) is 7.49. The lowest BCUT2D eigenvalue weighted by atomic mass is 9.96. The van der Waals surface area contributed by atoms with Crippen molar-refractivity contribution in [3.63, 3.8) is 0 Å². The number of allylic oxidation sites excluding steroid dienone is 2. The average Bonchev–Trinajstić information content (AvgIpc) is 2.72. The minimum atomic E-state index is -1.27. The van der Waals surface area contributed by atoms with Crippen LogP contribution in [0.25, 0.3) is 0 Å².